The van der Waals surface area contributed by atoms with Crippen molar-refractivity contribution in [3.63, 3.8) is 0 Å². The molecule has 0 fully saturated rings. The van der Waals surface area contributed by atoms with Gasteiger partial charge >= 0.3 is 0 Å². The summed E-state index contributed by atoms with van der Waals surface area (Å²) in [5.74, 6) is 0.761. The Labute approximate surface area is 93.0 Å². The lowest BCUT2D eigenvalue weighted by molar-refractivity contribution is 0.415. The highest BCUT2D eigenvalue weighted by atomic mass is 32.2. The third kappa shape index (κ3) is 3.52. The summed E-state index contributed by atoms with van der Waals surface area (Å²) in [6, 6.07) is 7.44. The molecule has 0 radical (unpaired) electrons. The first kappa shape index (κ1) is 11.4. The van der Waals surface area contributed by atoms with Crippen LogP contribution < -0.4 is 10.1 Å². The van der Waals surface area contributed by atoms with Crippen LogP contribution in [0.25, 0.3) is 0 Å². The third-order valence-electron chi connectivity index (χ3n) is 1.67. The normalized spacial score (nSPS) is 10.6. The minimum Gasteiger partial charge on any atom is -0.497 e. The Bertz CT molecular complexity index is 398. The fourth-order valence-electron chi connectivity index (χ4n) is 0.994. The number of nitriles is 1. The molecule has 0 heterocycles. The van der Waals surface area contributed by atoms with Gasteiger partial charge in [-0.2, -0.15) is 5.26 Å². The molecule has 1 aromatic carbocycles. The summed E-state index contributed by atoms with van der Waals surface area (Å²) >= 11 is 1.38. The molecule has 0 aliphatic rings. The van der Waals surface area contributed by atoms with Crippen molar-refractivity contribution < 1.29 is 4.74 Å². The molecule has 0 spiro atoms. The standard InChI is InChI=1S/C10H11N3OS/c1-14-9-5-3-4-8(6-9)13-10(15-2)12-7-11/h3-6H,1-2H3,(H,12,13). The smallest absolute Gasteiger partial charge is 0.208 e. The number of methoxy groups -OCH3 is 1. The molecule has 0 aliphatic carbocycles. The lowest BCUT2D eigenvalue weighted by Gasteiger charge is -2.07. The van der Waals surface area contributed by atoms with E-state index in [0.29, 0.717) is 5.17 Å². The predicted molar refractivity (Wildman–Crippen MR) is 63.2 cm³/mol. The van der Waals surface area contributed by atoms with E-state index >= 15 is 0 Å². The van der Waals surface area contributed by atoms with E-state index in [9.17, 15) is 0 Å². The minimum absolute atomic E-state index is 0.561. The van der Waals surface area contributed by atoms with Gasteiger partial charge in [-0.25, -0.2) is 0 Å². The van der Waals surface area contributed by atoms with Crippen molar-refractivity contribution in [1.29, 1.82) is 5.26 Å². The molecular weight excluding hydrogens is 210 g/mol. The number of rotatable bonds is 2. The summed E-state index contributed by atoms with van der Waals surface area (Å²) in [6.45, 7) is 0. The summed E-state index contributed by atoms with van der Waals surface area (Å²) in [7, 11) is 1.61. The van der Waals surface area contributed by atoms with Crippen LogP contribution in [-0.2, 0) is 0 Å². The van der Waals surface area contributed by atoms with Gasteiger partial charge in [0.05, 0.1) is 7.11 Å². The molecule has 0 unspecified atom stereocenters. The second-order valence-electron chi connectivity index (χ2n) is 2.58. The molecule has 0 bridgehead atoms. The predicted octanol–water partition coefficient (Wildman–Crippen LogP) is 2.31. The number of hydrogen-bond acceptors (Lipinski definition) is 4. The second-order valence-corrected chi connectivity index (χ2v) is 3.37. The third-order valence-corrected chi connectivity index (χ3v) is 2.25. The summed E-state index contributed by atoms with van der Waals surface area (Å²) in [5.41, 5.74) is 0.845. The summed E-state index contributed by atoms with van der Waals surface area (Å²) in [4.78, 5) is 3.63. The fraction of sp³-hybridized carbons (Fsp3) is 0.200. The van der Waals surface area contributed by atoms with Crippen LogP contribution in [0.5, 0.6) is 5.75 Å². The summed E-state index contributed by atoms with van der Waals surface area (Å²) < 4.78 is 5.08. The highest BCUT2D eigenvalue weighted by molar-refractivity contribution is 8.13. The van der Waals surface area contributed by atoms with E-state index in [1.165, 1.54) is 11.8 Å². The average molecular weight is 221 g/mol. The van der Waals surface area contributed by atoms with Crippen LogP contribution in [0.15, 0.2) is 29.3 Å². The van der Waals surface area contributed by atoms with Gasteiger partial charge in [-0.15, -0.1) is 4.99 Å². The van der Waals surface area contributed by atoms with Crippen LogP contribution in [0.1, 0.15) is 0 Å². The van der Waals surface area contributed by atoms with E-state index < -0.39 is 0 Å². The molecule has 1 aromatic rings. The Morgan fingerprint density at radius 2 is 2.40 bits per heavy atom. The maximum Gasteiger partial charge on any atom is 0.208 e. The monoisotopic (exact) mass is 221 g/mol. The van der Waals surface area contributed by atoms with Crippen LogP contribution in [-0.4, -0.2) is 18.5 Å². The molecule has 1 rings (SSSR count). The lowest BCUT2D eigenvalue weighted by atomic mass is 10.3. The zero-order chi connectivity index (χ0) is 11.1. The molecule has 78 valence electrons. The largest absolute Gasteiger partial charge is 0.497 e. The van der Waals surface area contributed by atoms with Gasteiger partial charge in [-0.1, -0.05) is 17.8 Å². The van der Waals surface area contributed by atoms with Crippen molar-refractivity contribution in [1.82, 2.24) is 0 Å². The van der Waals surface area contributed by atoms with Gasteiger partial charge in [-0.05, 0) is 18.4 Å². The van der Waals surface area contributed by atoms with Crippen LogP contribution in [0.2, 0.25) is 0 Å². The number of anilines is 1. The van der Waals surface area contributed by atoms with Gasteiger partial charge in [0.1, 0.15) is 5.75 Å². The Balaban J connectivity index is 2.80. The van der Waals surface area contributed by atoms with Gasteiger partial charge in [0.2, 0.25) is 6.19 Å². The maximum atomic E-state index is 8.43. The van der Waals surface area contributed by atoms with Gasteiger partial charge in [0.25, 0.3) is 0 Å². The van der Waals surface area contributed by atoms with Gasteiger partial charge < -0.3 is 10.1 Å². The van der Waals surface area contributed by atoms with Crippen molar-refractivity contribution in [3.05, 3.63) is 24.3 Å². The Morgan fingerprint density at radius 1 is 1.60 bits per heavy atom. The molecule has 0 atom stereocenters. The molecule has 5 heteroatoms. The molecule has 1 N–H and O–H groups in total. The number of ether oxygens (including phenoxy) is 1. The number of thioether (sulfide) groups is 1. The molecule has 15 heavy (non-hydrogen) atoms. The molecule has 0 amide bonds. The Hall–Kier alpha value is -1.67. The van der Waals surface area contributed by atoms with E-state index in [2.05, 4.69) is 10.3 Å². The molecule has 4 nitrogen and oxygen atoms in total. The van der Waals surface area contributed by atoms with E-state index in [0.717, 1.165) is 11.4 Å². The molecule has 0 saturated carbocycles. The Kier molecular flexibility index (Phi) is 4.51. The van der Waals surface area contributed by atoms with Crippen LogP contribution in [0.3, 0.4) is 0 Å². The van der Waals surface area contributed by atoms with E-state index in [-0.39, 0.29) is 0 Å². The van der Waals surface area contributed by atoms with Gasteiger partial charge in [0, 0.05) is 11.8 Å². The number of amidine groups is 1. The zero-order valence-corrected chi connectivity index (χ0v) is 9.34. The van der Waals surface area contributed by atoms with Crippen molar-refractivity contribution in [2.45, 2.75) is 0 Å². The highest BCUT2D eigenvalue weighted by Gasteiger charge is 1.99. The molecule has 0 saturated heterocycles. The number of benzene rings is 1. The Morgan fingerprint density at radius 3 is 3.00 bits per heavy atom. The SMILES string of the molecule is COc1cccc(N/C(=N/C#N)SC)c1. The summed E-state index contributed by atoms with van der Waals surface area (Å²) in [5, 5.41) is 12.0. The van der Waals surface area contributed by atoms with E-state index in [1.807, 2.05) is 30.5 Å². The number of nitrogens with one attached hydrogen (secondary N) is 1. The minimum atomic E-state index is 0.561. The quantitative estimate of drug-likeness (QED) is 0.473. The topological polar surface area (TPSA) is 57.4 Å². The van der Waals surface area contributed by atoms with E-state index in [1.54, 1.807) is 13.3 Å². The maximum absolute atomic E-state index is 8.43. The van der Waals surface area contributed by atoms with Crippen molar-refractivity contribution in [3.8, 4) is 11.9 Å². The second kappa shape index (κ2) is 5.94. The molecular formula is C10H11N3OS. The number of nitrogens with zero attached hydrogens (tertiary/aromatic N) is 2. The lowest BCUT2D eigenvalue weighted by Crippen LogP contribution is -2.06. The number of aliphatic imine (C=N–C) groups is 1. The molecule has 0 aromatic heterocycles. The first-order valence-electron chi connectivity index (χ1n) is 4.22. The average Bonchev–Trinajstić information content (AvgIpc) is 2.29. The molecule has 0 aliphatic heterocycles. The van der Waals surface area contributed by atoms with E-state index in [4.69, 9.17) is 10.00 Å². The first-order valence-corrected chi connectivity index (χ1v) is 5.44. The van der Waals surface area contributed by atoms with Crippen molar-refractivity contribution >= 4 is 22.6 Å². The fourth-order valence-corrected chi connectivity index (χ4v) is 1.35. The number of hydrogen-bond donors (Lipinski definition) is 1. The summed E-state index contributed by atoms with van der Waals surface area (Å²) in [6.07, 6.45) is 3.59. The van der Waals surface area contributed by atoms with Gasteiger partial charge in [-0.3, -0.25) is 0 Å². The van der Waals surface area contributed by atoms with Gasteiger partial charge in [0.15, 0.2) is 5.17 Å². The van der Waals surface area contributed by atoms with Crippen LogP contribution in [0.4, 0.5) is 5.69 Å². The highest BCUT2D eigenvalue weighted by Crippen LogP contribution is 2.17. The first-order chi connectivity index (χ1) is 7.30. The van der Waals surface area contributed by atoms with Crippen LogP contribution >= 0.6 is 11.8 Å². The van der Waals surface area contributed by atoms with Crippen molar-refractivity contribution in [2.75, 3.05) is 18.7 Å². The van der Waals surface area contributed by atoms with Crippen LogP contribution in [0, 0.1) is 11.5 Å². The van der Waals surface area contributed by atoms with Crippen molar-refractivity contribution in [2.24, 2.45) is 4.99 Å². The zero-order valence-electron chi connectivity index (χ0n) is 8.52.